The molecule has 2 rings (SSSR count). The molecule has 0 spiro atoms. The van der Waals surface area contributed by atoms with E-state index in [0.717, 1.165) is 5.69 Å². The molecule has 0 bridgehead atoms. The number of hydrogen-bond acceptors (Lipinski definition) is 5. The number of hydrogen-bond donors (Lipinski definition) is 1. The molecule has 0 amide bonds. The SMILES string of the molecule is COc1cc(C(=O)/C=C/Nc2ccc(C)cc2)cc(OC)c1OC. The molecule has 0 aliphatic heterocycles. The highest BCUT2D eigenvalue weighted by molar-refractivity contribution is 6.05. The second kappa shape index (κ2) is 8.06. The van der Waals surface area contributed by atoms with Crippen molar-refractivity contribution < 1.29 is 19.0 Å². The summed E-state index contributed by atoms with van der Waals surface area (Å²) >= 11 is 0. The van der Waals surface area contributed by atoms with Gasteiger partial charge in [0.25, 0.3) is 0 Å². The van der Waals surface area contributed by atoms with Crippen molar-refractivity contribution in [1.82, 2.24) is 0 Å². The molecule has 24 heavy (non-hydrogen) atoms. The maximum atomic E-state index is 12.3. The van der Waals surface area contributed by atoms with Crippen molar-refractivity contribution in [2.24, 2.45) is 0 Å². The molecule has 0 heterocycles. The van der Waals surface area contributed by atoms with E-state index in [-0.39, 0.29) is 5.78 Å². The summed E-state index contributed by atoms with van der Waals surface area (Å²) in [4.78, 5) is 12.3. The molecule has 0 saturated heterocycles. The Bertz CT molecular complexity index is 711. The molecule has 126 valence electrons. The van der Waals surface area contributed by atoms with Gasteiger partial charge in [0.1, 0.15) is 0 Å². The van der Waals surface area contributed by atoms with Crippen LogP contribution in [0.1, 0.15) is 15.9 Å². The van der Waals surface area contributed by atoms with Crippen LogP contribution in [0.4, 0.5) is 5.69 Å². The molecule has 1 N–H and O–H groups in total. The van der Waals surface area contributed by atoms with Crippen molar-refractivity contribution in [1.29, 1.82) is 0 Å². The molecule has 0 aliphatic rings. The number of allylic oxidation sites excluding steroid dienone is 1. The highest BCUT2D eigenvalue weighted by atomic mass is 16.5. The van der Waals surface area contributed by atoms with Gasteiger partial charge in [0.05, 0.1) is 21.3 Å². The monoisotopic (exact) mass is 327 g/mol. The number of benzene rings is 2. The lowest BCUT2D eigenvalue weighted by Gasteiger charge is -2.13. The third-order valence-corrected chi connectivity index (χ3v) is 3.49. The summed E-state index contributed by atoms with van der Waals surface area (Å²) in [6, 6.07) is 11.1. The predicted molar refractivity (Wildman–Crippen MR) is 94.4 cm³/mol. The lowest BCUT2D eigenvalue weighted by molar-refractivity contribution is 0.104. The summed E-state index contributed by atoms with van der Waals surface area (Å²) in [5, 5.41) is 3.06. The number of carbonyl (C=O) groups excluding carboxylic acids is 1. The lowest BCUT2D eigenvalue weighted by Crippen LogP contribution is -2.01. The van der Waals surface area contributed by atoms with Crippen LogP contribution in [-0.4, -0.2) is 27.1 Å². The highest BCUT2D eigenvalue weighted by Crippen LogP contribution is 2.38. The first-order chi connectivity index (χ1) is 11.6. The zero-order chi connectivity index (χ0) is 17.5. The molecular weight excluding hydrogens is 306 g/mol. The van der Waals surface area contributed by atoms with E-state index in [9.17, 15) is 4.79 Å². The van der Waals surface area contributed by atoms with Crippen molar-refractivity contribution >= 4 is 11.5 Å². The van der Waals surface area contributed by atoms with E-state index < -0.39 is 0 Å². The molecule has 0 unspecified atom stereocenters. The number of nitrogens with one attached hydrogen (secondary N) is 1. The number of ketones is 1. The number of aryl methyl sites for hydroxylation is 1. The topological polar surface area (TPSA) is 56.8 Å². The Morgan fingerprint density at radius 1 is 0.958 bits per heavy atom. The van der Waals surface area contributed by atoms with Gasteiger partial charge in [0.15, 0.2) is 17.3 Å². The highest BCUT2D eigenvalue weighted by Gasteiger charge is 2.15. The van der Waals surface area contributed by atoms with Crippen LogP contribution in [0.5, 0.6) is 17.2 Å². The Hall–Kier alpha value is -2.95. The summed E-state index contributed by atoms with van der Waals surface area (Å²) in [5.41, 5.74) is 2.54. The third-order valence-electron chi connectivity index (χ3n) is 3.49. The van der Waals surface area contributed by atoms with E-state index in [0.29, 0.717) is 22.8 Å². The first kappa shape index (κ1) is 17.4. The van der Waals surface area contributed by atoms with E-state index in [4.69, 9.17) is 14.2 Å². The third kappa shape index (κ3) is 4.07. The Balaban J connectivity index is 2.16. The van der Waals surface area contributed by atoms with Gasteiger partial charge in [-0.2, -0.15) is 0 Å². The first-order valence-electron chi connectivity index (χ1n) is 7.43. The van der Waals surface area contributed by atoms with E-state index in [1.807, 2.05) is 31.2 Å². The van der Waals surface area contributed by atoms with Crippen molar-refractivity contribution in [3.8, 4) is 17.2 Å². The largest absolute Gasteiger partial charge is 0.493 e. The standard InChI is InChI=1S/C19H21NO4/c1-13-5-7-15(8-6-13)20-10-9-16(21)14-11-17(22-2)19(24-4)18(12-14)23-3/h5-12,20H,1-4H3/b10-9+. The Morgan fingerprint density at radius 3 is 2.04 bits per heavy atom. The molecule has 2 aromatic rings. The Labute approximate surface area is 141 Å². The van der Waals surface area contributed by atoms with Gasteiger partial charge in [-0.05, 0) is 31.2 Å². The van der Waals surface area contributed by atoms with E-state index in [2.05, 4.69) is 5.32 Å². The Morgan fingerprint density at radius 2 is 1.54 bits per heavy atom. The van der Waals surface area contributed by atoms with Gasteiger partial charge in [-0.1, -0.05) is 17.7 Å². The van der Waals surface area contributed by atoms with Gasteiger partial charge in [-0.25, -0.2) is 0 Å². The van der Waals surface area contributed by atoms with Crippen molar-refractivity contribution in [3.05, 3.63) is 59.8 Å². The molecule has 0 radical (unpaired) electrons. The molecule has 2 aromatic carbocycles. The summed E-state index contributed by atoms with van der Waals surface area (Å²) < 4.78 is 15.8. The van der Waals surface area contributed by atoms with Crippen molar-refractivity contribution in [2.45, 2.75) is 6.92 Å². The molecule has 0 saturated carbocycles. The molecule has 5 heteroatoms. The minimum absolute atomic E-state index is 0.172. The minimum atomic E-state index is -0.172. The van der Waals surface area contributed by atoms with Gasteiger partial charge >= 0.3 is 0 Å². The summed E-state index contributed by atoms with van der Waals surface area (Å²) in [5.74, 6) is 1.17. The van der Waals surface area contributed by atoms with Crippen LogP contribution in [0.15, 0.2) is 48.7 Å². The molecule has 5 nitrogen and oxygen atoms in total. The average Bonchev–Trinajstić information content (AvgIpc) is 2.61. The molecule has 0 atom stereocenters. The van der Waals surface area contributed by atoms with Gasteiger partial charge < -0.3 is 19.5 Å². The fourth-order valence-corrected chi connectivity index (χ4v) is 2.18. The molecule has 0 fully saturated rings. The van der Waals surface area contributed by atoms with Crippen LogP contribution in [0, 0.1) is 6.92 Å². The van der Waals surface area contributed by atoms with Crippen LogP contribution in [-0.2, 0) is 0 Å². The van der Waals surface area contributed by atoms with Crippen LogP contribution in [0.2, 0.25) is 0 Å². The first-order valence-corrected chi connectivity index (χ1v) is 7.43. The summed E-state index contributed by atoms with van der Waals surface area (Å²) in [7, 11) is 4.55. The summed E-state index contributed by atoms with van der Waals surface area (Å²) in [6.45, 7) is 2.02. The van der Waals surface area contributed by atoms with E-state index in [1.165, 1.54) is 33.0 Å². The fourth-order valence-electron chi connectivity index (χ4n) is 2.18. The van der Waals surface area contributed by atoms with Crippen LogP contribution in [0.25, 0.3) is 0 Å². The van der Waals surface area contributed by atoms with Crippen molar-refractivity contribution in [2.75, 3.05) is 26.6 Å². The second-order valence-corrected chi connectivity index (χ2v) is 5.12. The van der Waals surface area contributed by atoms with Crippen LogP contribution in [0.3, 0.4) is 0 Å². The fraction of sp³-hybridized carbons (Fsp3) is 0.211. The smallest absolute Gasteiger partial charge is 0.203 e. The Kier molecular flexibility index (Phi) is 5.84. The normalized spacial score (nSPS) is 10.5. The number of anilines is 1. The number of ether oxygens (including phenoxy) is 3. The lowest BCUT2D eigenvalue weighted by atomic mass is 10.1. The zero-order valence-electron chi connectivity index (χ0n) is 14.3. The zero-order valence-corrected chi connectivity index (χ0v) is 14.3. The average molecular weight is 327 g/mol. The minimum Gasteiger partial charge on any atom is -0.493 e. The van der Waals surface area contributed by atoms with Crippen molar-refractivity contribution in [3.63, 3.8) is 0 Å². The second-order valence-electron chi connectivity index (χ2n) is 5.12. The predicted octanol–water partition coefficient (Wildman–Crippen LogP) is 3.83. The maximum Gasteiger partial charge on any atom is 0.203 e. The van der Waals surface area contributed by atoms with Crippen LogP contribution >= 0.6 is 0 Å². The molecule has 0 aliphatic carbocycles. The quantitative estimate of drug-likeness (QED) is 0.619. The van der Waals surface area contributed by atoms with E-state index >= 15 is 0 Å². The van der Waals surface area contributed by atoms with Gasteiger partial charge in [-0.15, -0.1) is 0 Å². The number of methoxy groups -OCH3 is 3. The van der Waals surface area contributed by atoms with Gasteiger partial charge in [0, 0.05) is 23.5 Å². The number of rotatable bonds is 7. The summed E-state index contributed by atoms with van der Waals surface area (Å²) in [6.07, 6.45) is 3.07. The maximum absolute atomic E-state index is 12.3. The van der Waals surface area contributed by atoms with E-state index in [1.54, 1.807) is 18.3 Å². The molecular formula is C19H21NO4. The van der Waals surface area contributed by atoms with Gasteiger partial charge in [-0.3, -0.25) is 4.79 Å². The number of carbonyl (C=O) groups is 1. The van der Waals surface area contributed by atoms with Crippen LogP contribution < -0.4 is 19.5 Å². The van der Waals surface area contributed by atoms with Gasteiger partial charge in [0.2, 0.25) is 5.75 Å². The molecule has 0 aromatic heterocycles.